The number of primary amides is 1. The van der Waals surface area contributed by atoms with Crippen molar-refractivity contribution in [3.8, 4) is 0 Å². The van der Waals surface area contributed by atoms with Gasteiger partial charge in [-0.3, -0.25) is 14.5 Å². The van der Waals surface area contributed by atoms with Crippen molar-refractivity contribution in [3.05, 3.63) is 0 Å². The van der Waals surface area contributed by atoms with Gasteiger partial charge in [0.15, 0.2) is 0 Å². The van der Waals surface area contributed by atoms with Crippen LogP contribution in [0.1, 0.15) is 57.8 Å². The largest absolute Gasteiger partial charge is 0.370 e. The number of nitrogens with zero attached hydrogens (tertiary/aromatic N) is 1. The molecule has 3 N–H and O–H groups in total. The molecule has 1 atom stereocenters. The molecular formula is C19H31N3O2. The Balaban J connectivity index is 1.33. The van der Waals surface area contributed by atoms with Crippen LogP contribution in [0.3, 0.4) is 0 Å². The molecule has 1 heterocycles. The van der Waals surface area contributed by atoms with Crippen molar-refractivity contribution in [2.24, 2.45) is 29.4 Å². The smallest absolute Gasteiger partial charge is 0.234 e. The molecule has 0 aromatic carbocycles. The van der Waals surface area contributed by atoms with Crippen molar-refractivity contribution in [2.75, 3.05) is 13.1 Å². The van der Waals surface area contributed by atoms with Crippen molar-refractivity contribution < 1.29 is 9.59 Å². The third-order valence-electron chi connectivity index (χ3n) is 7.09. The van der Waals surface area contributed by atoms with E-state index >= 15 is 0 Å². The molecule has 4 bridgehead atoms. The lowest BCUT2D eigenvalue weighted by molar-refractivity contribution is -0.128. The van der Waals surface area contributed by atoms with Crippen molar-refractivity contribution in [2.45, 2.75) is 69.9 Å². The van der Waals surface area contributed by atoms with E-state index in [2.05, 4.69) is 10.2 Å². The molecule has 5 nitrogen and oxygen atoms in total. The average Bonchev–Trinajstić information content (AvgIpc) is 2.51. The van der Waals surface area contributed by atoms with E-state index in [1.165, 1.54) is 32.1 Å². The highest BCUT2D eigenvalue weighted by atomic mass is 16.2. The van der Waals surface area contributed by atoms with Crippen LogP contribution in [0, 0.1) is 23.7 Å². The molecule has 5 fully saturated rings. The second-order valence-corrected chi connectivity index (χ2v) is 8.81. The number of carbonyl (C=O) groups is 2. The van der Waals surface area contributed by atoms with Gasteiger partial charge in [-0.2, -0.15) is 0 Å². The van der Waals surface area contributed by atoms with Gasteiger partial charge in [-0.25, -0.2) is 0 Å². The van der Waals surface area contributed by atoms with E-state index in [4.69, 9.17) is 5.73 Å². The van der Waals surface area contributed by atoms with Gasteiger partial charge in [0.2, 0.25) is 11.8 Å². The lowest BCUT2D eigenvalue weighted by atomic mass is 9.54. The molecular weight excluding hydrogens is 302 g/mol. The Morgan fingerprint density at radius 2 is 1.67 bits per heavy atom. The Hall–Kier alpha value is -1.10. The average molecular weight is 333 g/mol. The summed E-state index contributed by atoms with van der Waals surface area (Å²) < 4.78 is 0. The highest BCUT2D eigenvalue weighted by Gasteiger charge is 2.48. The second-order valence-electron chi connectivity index (χ2n) is 8.81. The molecule has 1 saturated heterocycles. The summed E-state index contributed by atoms with van der Waals surface area (Å²) in [5.41, 5.74) is 5.38. The highest BCUT2D eigenvalue weighted by molar-refractivity contribution is 5.79. The number of hydrogen-bond acceptors (Lipinski definition) is 3. The molecule has 2 amide bonds. The van der Waals surface area contributed by atoms with Crippen molar-refractivity contribution in [1.29, 1.82) is 0 Å². The monoisotopic (exact) mass is 333 g/mol. The van der Waals surface area contributed by atoms with Crippen LogP contribution < -0.4 is 11.1 Å². The summed E-state index contributed by atoms with van der Waals surface area (Å²) in [4.78, 5) is 26.1. The van der Waals surface area contributed by atoms with E-state index in [1.54, 1.807) is 0 Å². The van der Waals surface area contributed by atoms with E-state index in [0.29, 0.717) is 30.8 Å². The molecule has 5 aliphatic rings. The quantitative estimate of drug-likeness (QED) is 0.803. The van der Waals surface area contributed by atoms with E-state index in [1.807, 2.05) is 0 Å². The first kappa shape index (κ1) is 16.4. The minimum absolute atomic E-state index is 0.153. The molecule has 5 rings (SSSR count). The maximum Gasteiger partial charge on any atom is 0.234 e. The molecule has 0 aromatic heterocycles. The van der Waals surface area contributed by atoms with E-state index < -0.39 is 0 Å². The molecule has 1 aliphatic heterocycles. The van der Waals surface area contributed by atoms with Gasteiger partial charge in [0.05, 0.1) is 6.54 Å². The van der Waals surface area contributed by atoms with Crippen LogP contribution in [-0.4, -0.2) is 41.9 Å². The molecule has 0 radical (unpaired) electrons. The van der Waals surface area contributed by atoms with Crippen molar-refractivity contribution in [1.82, 2.24) is 10.2 Å². The minimum atomic E-state index is -0.256. The Kier molecular flexibility index (Phi) is 4.54. The summed E-state index contributed by atoms with van der Waals surface area (Å²) in [6.07, 6.45) is 10.3. The van der Waals surface area contributed by atoms with Crippen LogP contribution in [0.25, 0.3) is 0 Å². The van der Waals surface area contributed by atoms with Crippen LogP contribution in [0.4, 0.5) is 0 Å². The fraction of sp³-hybridized carbons (Fsp3) is 0.895. The summed E-state index contributed by atoms with van der Waals surface area (Å²) in [6, 6.07) is 0.560. The zero-order chi connectivity index (χ0) is 16.7. The SMILES string of the molecule is NC(=O)CC1CCCCN1CC(=O)NC1C2CC3CC(C2)CC1C3. The van der Waals surface area contributed by atoms with Crippen LogP contribution in [0.2, 0.25) is 0 Å². The van der Waals surface area contributed by atoms with Gasteiger partial charge in [0.1, 0.15) is 0 Å². The summed E-state index contributed by atoms with van der Waals surface area (Å²) in [5.74, 6) is 3.20. The number of carbonyl (C=O) groups excluding carboxylic acids is 2. The van der Waals surface area contributed by atoms with Crippen LogP contribution in [0.15, 0.2) is 0 Å². The number of rotatable bonds is 5. The molecule has 134 valence electrons. The molecule has 1 unspecified atom stereocenters. The number of nitrogens with one attached hydrogen (secondary N) is 1. The maximum absolute atomic E-state index is 12.7. The fourth-order valence-corrected chi connectivity index (χ4v) is 6.31. The maximum atomic E-state index is 12.7. The van der Waals surface area contributed by atoms with Crippen LogP contribution in [-0.2, 0) is 9.59 Å². The van der Waals surface area contributed by atoms with E-state index in [9.17, 15) is 9.59 Å². The van der Waals surface area contributed by atoms with Gasteiger partial charge in [-0.15, -0.1) is 0 Å². The van der Waals surface area contributed by atoms with Gasteiger partial charge >= 0.3 is 0 Å². The van der Waals surface area contributed by atoms with Gasteiger partial charge in [-0.05, 0) is 75.2 Å². The molecule has 4 saturated carbocycles. The molecule has 0 aromatic rings. The van der Waals surface area contributed by atoms with Gasteiger partial charge in [0.25, 0.3) is 0 Å². The number of likely N-dealkylation sites (tertiary alicyclic amines) is 1. The van der Waals surface area contributed by atoms with Gasteiger partial charge in [-0.1, -0.05) is 6.42 Å². The number of nitrogens with two attached hydrogens (primary N) is 1. The van der Waals surface area contributed by atoms with Crippen LogP contribution in [0.5, 0.6) is 0 Å². The van der Waals surface area contributed by atoms with Gasteiger partial charge in [0, 0.05) is 18.5 Å². The highest BCUT2D eigenvalue weighted by Crippen LogP contribution is 2.53. The predicted molar refractivity (Wildman–Crippen MR) is 92.0 cm³/mol. The van der Waals surface area contributed by atoms with Crippen LogP contribution >= 0.6 is 0 Å². The first-order chi connectivity index (χ1) is 11.6. The normalized spacial score (nSPS) is 41.3. The van der Waals surface area contributed by atoms with Gasteiger partial charge < -0.3 is 11.1 Å². The Labute approximate surface area is 144 Å². The zero-order valence-corrected chi connectivity index (χ0v) is 14.6. The Morgan fingerprint density at radius 1 is 1.00 bits per heavy atom. The Morgan fingerprint density at radius 3 is 2.29 bits per heavy atom. The third-order valence-corrected chi connectivity index (χ3v) is 7.09. The number of amides is 2. The first-order valence-corrected chi connectivity index (χ1v) is 9.90. The van der Waals surface area contributed by atoms with E-state index in [0.717, 1.165) is 37.6 Å². The standard InChI is InChI=1S/C19H31N3O2/c20-17(23)10-16-3-1-2-4-22(16)11-18(24)21-19-14-6-12-5-13(8-14)9-15(19)7-12/h12-16,19H,1-11H2,(H2,20,23)(H,21,24). The molecule has 4 aliphatic carbocycles. The fourth-order valence-electron chi connectivity index (χ4n) is 6.31. The van der Waals surface area contributed by atoms with Crippen molar-refractivity contribution >= 4 is 11.8 Å². The summed E-state index contributed by atoms with van der Waals surface area (Å²) in [5, 5.41) is 3.39. The number of piperidine rings is 1. The topological polar surface area (TPSA) is 75.4 Å². The zero-order valence-electron chi connectivity index (χ0n) is 14.6. The first-order valence-electron chi connectivity index (χ1n) is 9.90. The van der Waals surface area contributed by atoms with E-state index in [-0.39, 0.29) is 17.9 Å². The minimum Gasteiger partial charge on any atom is -0.370 e. The molecule has 24 heavy (non-hydrogen) atoms. The molecule has 5 heteroatoms. The second kappa shape index (κ2) is 6.66. The summed E-state index contributed by atoms with van der Waals surface area (Å²) in [7, 11) is 0. The lowest BCUT2D eigenvalue weighted by Crippen LogP contribution is -2.57. The molecule has 0 spiro atoms. The summed E-state index contributed by atoms with van der Waals surface area (Å²) >= 11 is 0. The Bertz CT molecular complexity index is 479. The van der Waals surface area contributed by atoms with Crippen molar-refractivity contribution in [3.63, 3.8) is 0 Å². The lowest BCUT2D eigenvalue weighted by Gasteiger charge is -2.54. The number of hydrogen-bond donors (Lipinski definition) is 2. The predicted octanol–water partition coefficient (Wildman–Crippen LogP) is 1.66. The third kappa shape index (κ3) is 3.32. The summed E-state index contributed by atoms with van der Waals surface area (Å²) in [6.45, 7) is 1.34.